The van der Waals surface area contributed by atoms with Gasteiger partial charge in [-0.25, -0.2) is 0 Å². The summed E-state index contributed by atoms with van der Waals surface area (Å²) in [5.41, 5.74) is 9.28. The number of carbonyl (C=O) groups excluding carboxylic acids is 1. The van der Waals surface area contributed by atoms with E-state index in [1.165, 1.54) is 11.1 Å². The van der Waals surface area contributed by atoms with Gasteiger partial charge in [-0.2, -0.15) is 0 Å². The van der Waals surface area contributed by atoms with Crippen molar-refractivity contribution in [2.24, 2.45) is 11.7 Å². The monoisotopic (exact) mass is 290 g/mol. The molecular formula is C16H22N2OS. The van der Waals surface area contributed by atoms with Crippen molar-refractivity contribution >= 4 is 23.1 Å². The van der Waals surface area contributed by atoms with Gasteiger partial charge in [0.2, 0.25) is 5.91 Å². The topological polar surface area (TPSA) is 46.3 Å². The van der Waals surface area contributed by atoms with Gasteiger partial charge in [-0.3, -0.25) is 4.79 Å². The lowest BCUT2D eigenvalue weighted by atomic mass is 9.97. The molecule has 1 aromatic carbocycles. The Bertz CT molecular complexity index is 527. The molecule has 1 aromatic rings. The summed E-state index contributed by atoms with van der Waals surface area (Å²) in [6.07, 6.45) is 2.45. The molecule has 1 aliphatic rings. The van der Waals surface area contributed by atoms with Gasteiger partial charge in [-0.1, -0.05) is 30.4 Å². The van der Waals surface area contributed by atoms with Crippen LogP contribution in [-0.2, 0) is 11.2 Å². The third kappa shape index (κ3) is 3.57. The fraction of sp³-hybridized carbons (Fsp3) is 0.500. The highest BCUT2D eigenvalue weighted by molar-refractivity contribution is 7.80. The van der Waals surface area contributed by atoms with Crippen molar-refractivity contribution in [1.82, 2.24) is 4.90 Å². The van der Waals surface area contributed by atoms with Crippen LogP contribution in [0, 0.1) is 19.8 Å². The molecule has 3 nitrogen and oxygen atoms in total. The summed E-state index contributed by atoms with van der Waals surface area (Å²) in [7, 11) is 0. The first-order valence-corrected chi connectivity index (χ1v) is 7.51. The summed E-state index contributed by atoms with van der Waals surface area (Å²) in [5.74, 6) is 0.358. The van der Waals surface area contributed by atoms with Crippen LogP contribution in [0.1, 0.15) is 29.5 Å². The van der Waals surface area contributed by atoms with Crippen LogP contribution in [0.3, 0.4) is 0 Å². The Kier molecular flexibility index (Phi) is 4.76. The summed E-state index contributed by atoms with van der Waals surface area (Å²) in [6.45, 7) is 5.66. The van der Waals surface area contributed by atoms with E-state index in [-0.39, 0.29) is 11.8 Å². The summed E-state index contributed by atoms with van der Waals surface area (Å²) >= 11 is 5.06. The SMILES string of the molecule is Cc1ccc(CC(=O)N2CCCC(C(N)=S)C2)cc1C. The number of aryl methyl sites for hydroxylation is 2. The van der Waals surface area contributed by atoms with Crippen molar-refractivity contribution in [2.75, 3.05) is 13.1 Å². The number of amides is 1. The lowest BCUT2D eigenvalue weighted by Gasteiger charge is -2.32. The predicted octanol–water partition coefficient (Wildman–Crippen LogP) is 2.37. The summed E-state index contributed by atoms with van der Waals surface area (Å²) in [4.78, 5) is 14.8. The number of hydrogen-bond donors (Lipinski definition) is 1. The molecule has 4 heteroatoms. The summed E-state index contributed by atoms with van der Waals surface area (Å²) in [5, 5.41) is 0. The highest BCUT2D eigenvalue weighted by atomic mass is 32.1. The average molecular weight is 290 g/mol. The number of carbonyl (C=O) groups is 1. The van der Waals surface area contributed by atoms with Gasteiger partial charge in [0.15, 0.2) is 0 Å². The van der Waals surface area contributed by atoms with E-state index in [2.05, 4.69) is 26.0 Å². The number of piperidine rings is 1. The van der Waals surface area contributed by atoms with E-state index in [0.717, 1.165) is 24.9 Å². The molecule has 1 aliphatic heterocycles. The van der Waals surface area contributed by atoms with E-state index in [9.17, 15) is 4.79 Å². The quantitative estimate of drug-likeness (QED) is 0.869. The van der Waals surface area contributed by atoms with Gasteiger partial charge in [0.05, 0.1) is 11.4 Å². The molecular weight excluding hydrogens is 268 g/mol. The molecule has 0 spiro atoms. The van der Waals surface area contributed by atoms with Crippen LogP contribution in [-0.4, -0.2) is 28.9 Å². The Labute approximate surface area is 126 Å². The molecule has 1 unspecified atom stereocenters. The molecule has 108 valence electrons. The molecule has 1 saturated heterocycles. The van der Waals surface area contributed by atoms with Crippen LogP contribution < -0.4 is 5.73 Å². The lowest BCUT2D eigenvalue weighted by molar-refractivity contribution is -0.131. The molecule has 0 aromatic heterocycles. The molecule has 0 bridgehead atoms. The second-order valence-corrected chi connectivity index (χ2v) is 6.15. The number of nitrogens with two attached hydrogens (primary N) is 1. The number of nitrogens with zero attached hydrogens (tertiary/aromatic N) is 1. The maximum absolute atomic E-state index is 12.4. The van der Waals surface area contributed by atoms with E-state index in [4.69, 9.17) is 18.0 Å². The molecule has 1 fully saturated rings. The van der Waals surface area contributed by atoms with Gasteiger partial charge in [0.25, 0.3) is 0 Å². The first-order valence-electron chi connectivity index (χ1n) is 7.10. The lowest BCUT2D eigenvalue weighted by Crippen LogP contribution is -2.44. The molecule has 0 aliphatic carbocycles. The molecule has 1 atom stereocenters. The number of rotatable bonds is 3. The zero-order valence-electron chi connectivity index (χ0n) is 12.2. The van der Waals surface area contributed by atoms with Crippen molar-refractivity contribution in [3.05, 3.63) is 34.9 Å². The summed E-state index contributed by atoms with van der Waals surface area (Å²) < 4.78 is 0. The Hall–Kier alpha value is -1.42. The van der Waals surface area contributed by atoms with Gasteiger partial charge in [0, 0.05) is 19.0 Å². The Morgan fingerprint density at radius 1 is 1.40 bits per heavy atom. The van der Waals surface area contributed by atoms with E-state index in [1.54, 1.807) is 0 Å². The summed E-state index contributed by atoms with van der Waals surface area (Å²) in [6, 6.07) is 6.21. The zero-order chi connectivity index (χ0) is 14.7. The van der Waals surface area contributed by atoms with Crippen LogP contribution in [0.25, 0.3) is 0 Å². The number of benzene rings is 1. The minimum absolute atomic E-state index is 0.175. The van der Waals surface area contributed by atoms with Gasteiger partial charge >= 0.3 is 0 Å². The van der Waals surface area contributed by atoms with Gasteiger partial charge in [-0.05, 0) is 43.4 Å². The van der Waals surface area contributed by atoms with E-state index < -0.39 is 0 Å². The first kappa shape index (κ1) is 15.0. The minimum atomic E-state index is 0.175. The standard InChI is InChI=1S/C16H22N2OS/c1-11-5-6-13(8-12(11)2)9-15(19)18-7-3-4-14(10-18)16(17)20/h5-6,8,14H,3-4,7,9-10H2,1-2H3,(H2,17,20). The highest BCUT2D eigenvalue weighted by Crippen LogP contribution is 2.18. The second-order valence-electron chi connectivity index (χ2n) is 5.68. The van der Waals surface area contributed by atoms with Crippen molar-refractivity contribution in [2.45, 2.75) is 33.1 Å². The maximum Gasteiger partial charge on any atom is 0.227 e. The largest absolute Gasteiger partial charge is 0.393 e. The van der Waals surface area contributed by atoms with E-state index in [0.29, 0.717) is 18.0 Å². The van der Waals surface area contributed by atoms with Gasteiger partial charge < -0.3 is 10.6 Å². The molecule has 0 radical (unpaired) electrons. The van der Waals surface area contributed by atoms with Crippen LogP contribution in [0.15, 0.2) is 18.2 Å². The number of thiocarbonyl (C=S) groups is 1. The van der Waals surface area contributed by atoms with Crippen LogP contribution in [0.2, 0.25) is 0 Å². The Balaban J connectivity index is 2.00. The third-order valence-electron chi connectivity index (χ3n) is 4.10. The van der Waals surface area contributed by atoms with E-state index >= 15 is 0 Å². The maximum atomic E-state index is 12.4. The normalized spacial score (nSPS) is 18.9. The predicted molar refractivity (Wildman–Crippen MR) is 85.7 cm³/mol. The van der Waals surface area contributed by atoms with Gasteiger partial charge in [0.1, 0.15) is 0 Å². The molecule has 20 heavy (non-hydrogen) atoms. The molecule has 1 heterocycles. The number of likely N-dealkylation sites (tertiary alicyclic amines) is 1. The van der Waals surface area contributed by atoms with Crippen LogP contribution >= 0.6 is 12.2 Å². The third-order valence-corrected chi connectivity index (χ3v) is 4.44. The zero-order valence-corrected chi connectivity index (χ0v) is 13.0. The van der Waals surface area contributed by atoms with E-state index in [1.807, 2.05) is 11.0 Å². The number of hydrogen-bond acceptors (Lipinski definition) is 2. The Morgan fingerprint density at radius 3 is 2.80 bits per heavy atom. The van der Waals surface area contributed by atoms with Crippen molar-refractivity contribution in [3.63, 3.8) is 0 Å². The van der Waals surface area contributed by atoms with Crippen LogP contribution in [0.4, 0.5) is 0 Å². The van der Waals surface area contributed by atoms with Crippen molar-refractivity contribution in [1.29, 1.82) is 0 Å². The molecule has 0 saturated carbocycles. The smallest absolute Gasteiger partial charge is 0.227 e. The fourth-order valence-corrected chi connectivity index (χ4v) is 2.83. The van der Waals surface area contributed by atoms with Crippen LogP contribution in [0.5, 0.6) is 0 Å². The van der Waals surface area contributed by atoms with Crippen molar-refractivity contribution < 1.29 is 4.79 Å². The fourth-order valence-electron chi connectivity index (χ4n) is 2.64. The molecule has 1 amide bonds. The van der Waals surface area contributed by atoms with Crippen molar-refractivity contribution in [3.8, 4) is 0 Å². The highest BCUT2D eigenvalue weighted by Gasteiger charge is 2.25. The van der Waals surface area contributed by atoms with Gasteiger partial charge in [-0.15, -0.1) is 0 Å². The minimum Gasteiger partial charge on any atom is -0.393 e. The second kappa shape index (κ2) is 6.35. The first-order chi connectivity index (χ1) is 9.47. The molecule has 2 rings (SSSR count). The average Bonchev–Trinajstić information content (AvgIpc) is 2.43. The Morgan fingerprint density at radius 2 is 2.15 bits per heavy atom. The molecule has 2 N–H and O–H groups in total.